The molecule has 88 valence electrons. The minimum atomic E-state index is -0.113. The highest BCUT2D eigenvalue weighted by molar-refractivity contribution is 7.08. The van der Waals surface area contributed by atoms with Crippen molar-refractivity contribution < 1.29 is 4.79 Å². The van der Waals surface area contributed by atoms with Crippen molar-refractivity contribution in [1.29, 1.82) is 0 Å². The van der Waals surface area contributed by atoms with E-state index in [9.17, 15) is 4.79 Å². The van der Waals surface area contributed by atoms with Gasteiger partial charge in [-0.15, -0.1) is 0 Å². The molecule has 5 heteroatoms. The fourth-order valence-corrected chi connectivity index (χ4v) is 2.02. The summed E-state index contributed by atoms with van der Waals surface area (Å²) in [6, 6.07) is 5.77. The Labute approximate surface area is 104 Å². The van der Waals surface area contributed by atoms with Crippen molar-refractivity contribution in [1.82, 2.24) is 9.99 Å². The van der Waals surface area contributed by atoms with E-state index in [1.165, 1.54) is 0 Å². The Balaban J connectivity index is 1.84. The lowest BCUT2D eigenvalue weighted by Gasteiger charge is -2.01. The van der Waals surface area contributed by atoms with Crippen LogP contribution in [0.5, 0.6) is 0 Å². The van der Waals surface area contributed by atoms with Gasteiger partial charge in [-0.05, 0) is 29.0 Å². The monoisotopic (exact) mass is 247 g/mol. The molecule has 2 aromatic rings. The molecule has 0 fully saturated rings. The largest absolute Gasteiger partial charge is 0.354 e. The van der Waals surface area contributed by atoms with Crippen molar-refractivity contribution >= 4 is 23.5 Å². The summed E-state index contributed by atoms with van der Waals surface area (Å²) in [5, 5.41) is 7.83. The van der Waals surface area contributed by atoms with Crippen molar-refractivity contribution in [3.63, 3.8) is 0 Å². The summed E-state index contributed by atoms with van der Waals surface area (Å²) >= 11 is 1.60. The first-order valence-electron chi connectivity index (χ1n) is 5.20. The molecule has 0 saturated heterocycles. The van der Waals surface area contributed by atoms with Gasteiger partial charge in [0.05, 0.1) is 12.6 Å². The summed E-state index contributed by atoms with van der Waals surface area (Å²) in [5.74, 6) is -0.113. The fourth-order valence-electron chi connectivity index (χ4n) is 1.41. The zero-order valence-corrected chi connectivity index (χ0v) is 10.3. The molecule has 0 saturated carbocycles. The van der Waals surface area contributed by atoms with Gasteiger partial charge in [0.1, 0.15) is 0 Å². The SMILES string of the molecule is Cn1cccc1CC(=O)N/N=C\c1ccsc1. The summed E-state index contributed by atoms with van der Waals surface area (Å²) < 4.78 is 1.92. The maximum atomic E-state index is 11.6. The molecule has 0 spiro atoms. The Kier molecular flexibility index (Phi) is 3.72. The second-order valence-corrected chi connectivity index (χ2v) is 4.42. The van der Waals surface area contributed by atoms with Gasteiger partial charge in [-0.2, -0.15) is 16.4 Å². The van der Waals surface area contributed by atoms with Crippen molar-refractivity contribution in [2.24, 2.45) is 12.1 Å². The number of amides is 1. The van der Waals surface area contributed by atoms with Crippen molar-refractivity contribution in [2.75, 3.05) is 0 Å². The lowest BCUT2D eigenvalue weighted by atomic mass is 10.3. The lowest BCUT2D eigenvalue weighted by molar-refractivity contribution is -0.120. The molecule has 2 heterocycles. The smallest absolute Gasteiger partial charge is 0.245 e. The van der Waals surface area contributed by atoms with Gasteiger partial charge in [-0.1, -0.05) is 0 Å². The van der Waals surface area contributed by atoms with Crippen LogP contribution in [0.15, 0.2) is 40.3 Å². The molecule has 2 rings (SSSR count). The van der Waals surface area contributed by atoms with E-state index in [1.807, 2.05) is 46.8 Å². The lowest BCUT2D eigenvalue weighted by Crippen LogP contribution is -2.20. The van der Waals surface area contributed by atoms with E-state index in [0.29, 0.717) is 6.42 Å². The zero-order chi connectivity index (χ0) is 12.1. The molecule has 0 aliphatic rings. The third kappa shape index (κ3) is 3.29. The van der Waals surface area contributed by atoms with Gasteiger partial charge in [-0.25, -0.2) is 5.43 Å². The van der Waals surface area contributed by atoms with Crippen LogP contribution in [0.2, 0.25) is 0 Å². The van der Waals surface area contributed by atoms with E-state index >= 15 is 0 Å². The summed E-state index contributed by atoms with van der Waals surface area (Å²) in [6.45, 7) is 0. The number of hydrogen-bond acceptors (Lipinski definition) is 3. The van der Waals surface area contributed by atoms with Gasteiger partial charge in [0, 0.05) is 24.5 Å². The number of aromatic nitrogens is 1. The van der Waals surface area contributed by atoms with Crippen molar-refractivity contribution in [2.45, 2.75) is 6.42 Å². The van der Waals surface area contributed by atoms with Gasteiger partial charge >= 0.3 is 0 Å². The highest BCUT2D eigenvalue weighted by Gasteiger charge is 2.04. The molecule has 17 heavy (non-hydrogen) atoms. The van der Waals surface area contributed by atoms with Crippen LogP contribution in [0, 0.1) is 0 Å². The summed E-state index contributed by atoms with van der Waals surface area (Å²) in [6.07, 6.45) is 3.89. The van der Waals surface area contributed by atoms with E-state index in [0.717, 1.165) is 11.3 Å². The Bertz CT molecular complexity index is 514. The Hall–Kier alpha value is -1.88. The van der Waals surface area contributed by atoms with E-state index in [4.69, 9.17) is 0 Å². The first kappa shape index (κ1) is 11.6. The predicted octanol–water partition coefficient (Wildman–Crippen LogP) is 1.78. The van der Waals surface area contributed by atoms with E-state index in [-0.39, 0.29) is 5.91 Å². The van der Waals surface area contributed by atoms with Crippen LogP contribution >= 0.6 is 11.3 Å². The maximum Gasteiger partial charge on any atom is 0.245 e. The van der Waals surface area contributed by atoms with Crippen molar-refractivity contribution in [3.05, 3.63) is 46.4 Å². The maximum absolute atomic E-state index is 11.6. The molecular weight excluding hydrogens is 234 g/mol. The molecule has 0 aliphatic heterocycles. The first-order valence-corrected chi connectivity index (χ1v) is 6.14. The number of rotatable bonds is 4. The third-order valence-electron chi connectivity index (χ3n) is 2.34. The number of aryl methyl sites for hydroxylation is 1. The number of hydrogen-bond donors (Lipinski definition) is 1. The number of nitrogens with zero attached hydrogens (tertiary/aromatic N) is 2. The Morgan fingerprint density at radius 1 is 1.59 bits per heavy atom. The van der Waals surface area contributed by atoms with Gasteiger partial charge in [0.25, 0.3) is 0 Å². The second kappa shape index (κ2) is 5.45. The Morgan fingerprint density at radius 3 is 3.12 bits per heavy atom. The molecule has 0 bridgehead atoms. The number of hydrazone groups is 1. The van der Waals surface area contributed by atoms with Crippen LogP contribution in [0.3, 0.4) is 0 Å². The summed E-state index contributed by atoms with van der Waals surface area (Å²) in [4.78, 5) is 11.6. The Morgan fingerprint density at radius 2 is 2.47 bits per heavy atom. The summed E-state index contributed by atoms with van der Waals surface area (Å²) in [5.41, 5.74) is 4.47. The standard InChI is InChI=1S/C12H13N3OS/c1-15-5-2-3-11(15)7-12(16)14-13-8-10-4-6-17-9-10/h2-6,8-9H,7H2,1H3,(H,14,16)/b13-8-. The first-order chi connectivity index (χ1) is 8.25. The topological polar surface area (TPSA) is 46.4 Å². The number of nitrogens with one attached hydrogen (secondary N) is 1. The minimum Gasteiger partial charge on any atom is -0.354 e. The molecule has 2 aromatic heterocycles. The van der Waals surface area contributed by atoms with Crippen LogP contribution in [-0.4, -0.2) is 16.7 Å². The average molecular weight is 247 g/mol. The number of carbonyl (C=O) groups excluding carboxylic acids is 1. The quantitative estimate of drug-likeness (QED) is 0.649. The third-order valence-corrected chi connectivity index (χ3v) is 3.04. The molecule has 0 unspecified atom stereocenters. The van der Waals surface area contributed by atoms with Gasteiger partial charge in [0.15, 0.2) is 0 Å². The van der Waals surface area contributed by atoms with Gasteiger partial charge in [-0.3, -0.25) is 4.79 Å². The van der Waals surface area contributed by atoms with E-state index < -0.39 is 0 Å². The molecule has 0 aliphatic carbocycles. The average Bonchev–Trinajstić information content (AvgIpc) is 2.92. The van der Waals surface area contributed by atoms with Crippen LogP contribution in [-0.2, 0) is 18.3 Å². The number of thiophene rings is 1. The molecule has 1 N–H and O–H groups in total. The second-order valence-electron chi connectivity index (χ2n) is 3.64. The fraction of sp³-hybridized carbons (Fsp3) is 0.167. The van der Waals surface area contributed by atoms with Crippen LogP contribution in [0.4, 0.5) is 0 Å². The van der Waals surface area contributed by atoms with Gasteiger partial charge in [0.2, 0.25) is 5.91 Å². The van der Waals surface area contributed by atoms with E-state index in [2.05, 4.69) is 10.5 Å². The number of carbonyl (C=O) groups is 1. The molecule has 1 amide bonds. The van der Waals surface area contributed by atoms with Crippen molar-refractivity contribution in [3.8, 4) is 0 Å². The molecule has 0 aromatic carbocycles. The molecule has 0 radical (unpaired) electrons. The highest BCUT2D eigenvalue weighted by Crippen LogP contribution is 2.02. The molecular formula is C12H13N3OS. The molecule has 0 atom stereocenters. The highest BCUT2D eigenvalue weighted by atomic mass is 32.1. The normalized spacial score (nSPS) is 10.9. The van der Waals surface area contributed by atoms with Crippen LogP contribution in [0.1, 0.15) is 11.3 Å². The zero-order valence-electron chi connectivity index (χ0n) is 9.46. The molecule has 4 nitrogen and oxygen atoms in total. The van der Waals surface area contributed by atoms with Crippen LogP contribution < -0.4 is 5.43 Å². The van der Waals surface area contributed by atoms with Gasteiger partial charge < -0.3 is 4.57 Å². The van der Waals surface area contributed by atoms with Crippen LogP contribution in [0.25, 0.3) is 0 Å². The minimum absolute atomic E-state index is 0.113. The summed E-state index contributed by atoms with van der Waals surface area (Å²) in [7, 11) is 1.91. The predicted molar refractivity (Wildman–Crippen MR) is 69.2 cm³/mol. The van der Waals surface area contributed by atoms with E-state index in [1.54, 1.807) is 17.6 Å².